The first-order valence-electron chi connectivity index (χ1n) is 11.6. The van der Waals surface area contributed by atoms with Crippen LogP contribution < -0.4 is 15.6 Å². The number of nitrogens with zero attached hydrogens (tertiary/aromatic N) is 5. The van der Waals surface area contributed by atoms with Gasteiger partial charge in [0.05, 0.1) is 15.6 Å². The highest BCUT2D eigenvalue weighted by atomic mass is 32.1. The Bertz CT molecular complexity index is 1760. The summed E-state index contributed by atoms with van der Waals surface area (Å²) in [6.07, 6.45) is 5.51. The molecule has 1 amide bonds. The second-order valence-corrected chi connectivity index (χ2v) is 9.85. The van der Waals surface area contributed by atoms with Crippen LogP contribution in [0.25, 0.3) is 26.1 Å². The maximum atomic E-state index is 13.9. The molecule has 0 spiro atoms. The summed E-state index contributed by atoms with van der Waals surface area (Å²) in [5.74, 6) is 2.72. The lowest BCUT2D eigenvalue weighted by molar-refractivity contribution is 0.102. The topological polar surface area (TPSA) is 82.8 Å². The number of hydrogen-bond donors (Lipinski definition) is 1. The van der Waals surface area contributed by atoms with E-state index in [4.69, 9.17) is 6.42 Å². The van der Waals surface area contributed by atoms with Gasteiger partial charge in [0.2, 0.25) is 5.43 Å². The van der Waals surface area contributed by atoms with Crippen molar-refractivity contribution in [3.8, 4) is 12.3 Å². The minimum absolute atomic E-state index is 0.0761. The van der Waals surface area contributed by atoms with Gasteiger partial charge in [0.15, 0.2) is 11.5 Å². The molecule has 0 atom stereocenters. The van der Waals surface area contributed by atoms with Crippen molar-refractivity contribution in [1.29, 1.82) is 0 Å². The number of pyridine rings is 1. The van der Waals surface area contributed by atoms with E-state index < -0.39 is 5.91 Å². The van der Waals surface area contributed by atoms with Gasteiger partial charge in [0.25, 0.3) is 5.91 Å². The van der Waals surface area contributed by atoms with Crippen molar-refractivity contribution >= 4 is 54.8 Å². The Morgan fingerprint density at radius 2 is 1.86 bits per heavy atom. The summed E-state index contributed by atoms with van der Waals surface area (Å²) < 4.78 is 2.81. The van der Waals surface area contributed by atoms with E-state index in [0.29, 0.717) is 32.9 Å². The third kappa shape index (κ3) is 3.68. The highest BCUT2D eigenvalue weighted by molar-refractivity contribution is 7.24. The van der Waals surface area contributed by atoms with Crippen LogP contribution in [0.15, 0.2) is 59.4 Å². The lowest BCUT2D eigenvalue weighted by Crippen LogP contribution is -2.45. The van der Waals surface area contributed by atoms with Crippen LogP contribution in [0.4, 0.5) is 11.5 Å². The average molecular weight is 495 g/mol. The molecule has 1 N–H and O–H groups in total. The first-order valence-corrected chi connectivity index (χ1v) is 12.4. The largest absolute Gasteiger partial charge is 0.353 e. The number of fused-ring (bicyclic) bond motifs is 5. The molecule has 1 saturated heterocycles. The van der Waals surface area contributed by atoms with Gasteiger partial charge in [-0.3, -0.25) is 14.0 Å². The predicted molar refractivity (Wildman–Crippen MR) is 144 cm³/mol. The third-order valence-electron chi connectivity index (χ3n) is 6.52. The molecule has 0 saturated carbocycles. The molecule has 1 aliphatic rings. The van der Waals surface area contributed by atoms with Crippen LogP contribution in [0.2, 0.25) is 0 Å². The van der Waals surface area contributed by atoms with Crippen molar-refractivity contribution in [3.05, 3.63) is 75.9 Å². The fraction of sp³-hybridized carbons (Fsp3) is 0.185. The van der Waals surface area contributed by atoms with Gasteiger partial charge < -0.3 is 15.1 Å². The number of amides is 1. The number of terminal acetylenes is 1. The summed E-state index contributed by atoms with van der Waals surface area (Å²) in [4.78, 5) is 32.3. The second kappa shape index (κ2) is 8.75. The summed E-state index contributed by atoms with van der Waals surface area (Å²) in [6.45, 7) is 3.38. The van der Waals surface area contributed by atoms with Gasteiger partial charge in [-0.05, 0) is 43.4 Å². The SMILES string of the molecule is C#Cc1cccc(NC(=O)c2c(=O)c3cc(N4CCN(C)CC4)nnc3n3c2sc2ccccc23)c1. The normalized spacial score (nSPS) is 14.4. The number of piperazine rings is 1. The monoisotopic (exact) mass is 494 g/mol. The Kier molecular flexibility index (Phi) is 5.40. The molecule has 9 heteroatoms. The van der Waals surface area contributed by atoms with Crippen molar-refractivity contribution in [2.24, 2.45) is 0 Å². The second-order valence-electron chi connectivity index (χ2n) is 8.82. The molecule has 5 aromatic rings. The van der Waals surface area contributed by atoms with Gasteiger partial charge in [-0.2, -0.15) is 0 Å². The van der Waals surface area contributed by atoms with Crippen LogP contribution in [0.5, 0.6) is 0 Å². The fourth-order valence-corrected chi connectivity index (χ4v) is 5.75. The molecule has 6 rings (SSSR count). The summed E-state index contributed by atoms with van der Waals surface area (Å²) >= 11 is 1.38. The number of rotatable bonds is 3. The maximum absolute atomic E-state index is 13.9. The number of para-hydroxylation sites is 1. The molecule has 0 aliphatic carbocycles. The lowest BCUT2D eigenvalue weighted by atomic mass is 10.1. The van der Waals surface area contributed by atoms with Gasteiger partial charge in [-0.1, -0.05) is 24.1 Å². The Balaban J connectivity index is 1.56. The zero-order chi connectivity index (χ0) is 24.8. The van der Waals surface area contributed by atoms with Gasteiger partial charge in [0.1, 0.15) is 10.4 Å². The molecule has 2 aromatic carbocycles. The van der Waals surface area contributed by atoms with Crippen LogP contribution in [-0.2, 0) is 0 Å². The third-order valence-corrected chi connectivity index (χ3v) is 7.66. The summed E-state index contributed by atoms with van der Waals surface area (Å²) in [7, 11) is 2.08. The Morgan fingerprint density at radius 3 is 2.67 bits per heavy atom. The molecule has 178 valence electrons. The standard InChI is InChI=1S/C27H22N6O2S/c1-3-17-7-6-8-18(15-17)28-26(35)23-24(34)19-16-22(32-13-11-31(2)12-14-32)29-30-25(19)33-20-9-4-5-10-21(20)36-27(23)33/h1,4-10,15-16H,11-14H2,2H3,(H,28,35). The quantitative estimate of drug-likeness (QED) is 0.387. The number of thiazole rings is 1. The number of hydrogen-bond acceptors (Lipinski definition) is 7. The summed E-state index contributed by atoms with van der Waals surface area (Å²) in [5.41, 5.74) is 2.19. The predicted octanol–water partition coefficient (Wildman–Crippen LogP) is 3.44. The van der Waals surface area contributed by atoms with Crippen LogP contribution in [0.1, 0.15) is 15.9 Å². The molecule has 36 heavy (non-hydrogen) atoms. The molecule has 0 bridgehead atoms. The van der Waals surface area contributed by atoms with Gasteiger partial charge >= 0.3 is 0 Å². The first-order chi connectivity index (χ1) is 17.5. The van der Waals surface area contributed by atoms with E-state index in [1.807, 2.05) is 28.7 Å². The zero-order valence-corrected chi connectivity index (χ0v) is 20.4. The number of anilines is 2. The van der Waals surface area contributed by atoms with Crippen LogP contribution >= 0.6 is 11.3 Å². The fourth-order valence-electron chi connectivity index (χ4n) is 4.57. The molecule has 4 heterocycles. The molecule has 1 fully saturated rings. The number of benzene rings is 2. The van der Waals surface area contributed by atoms with Crippen LogP contribution in [0, 0.1) is 12.3 Å². The summed E-state index contributed by atoms with van der Waals surface area (Å²) in [6, 6.07) is 16.5. The molecule has 0 radical (unpaired) electrons. The van der Waals surface area contributed by atoms with E-state index >= 15 is 0 Å². The van der Waals surface area contributed by atoms with Gasteiger partial charge in [0, 0.05) is 37.4 Å². The first kappa shape index (κ1) is 22.2. The molecular formula is C27H22N6O2S. The Morgan fingerprint density at radius 1 is 1.06 bits per heavy atom. The average Bonchev–Trinajstić information content (AvgIpc) is 3.28. The van der Waals surface area contributed by atoms with Gasteiger partial charge in [-0.15, -0.1) is 28.0 Å². The van der Waals surface area contributed by atoms with Crippen molar-refractivity contribution in [3.63, 3.8) is 0 Å². The van der Waals surface area contributed by atoms with Crippen molar-refractivity contribution in [2.75, 3.05) is 43.4 Å². The minimum atomic E-state index is -0.488. The zero-order valence-electron chi connectivity index (χ0n) is 19.6. The smallest absolute Gasteiger partial charge is 0.262 e. The molecular weight excluding hydrogens is 472 g/mol. The summed E-state index contributed by atoms with van der Waals surface area (Å²) in [5, 5.41) is 12.2. The number of carbonyl (C=O) groups excluding carboxylic acids is 1. The van der Waals surface area contributed by atoms with E-state index in [9.17, 15) is 9.59 Å². The van der Waals surface area contributed by atoms with Crippen molar-refractivity contribution in [2.45, 2.75) is 0 Å². The molecule has 3 aromatic heterocycles. The van der Waals surface area contributed by atoms with Crippen LogP contribution in [0.3, 0.4) is 0 Å². The minimum Gasteiger partial charge on any atom is -0.353 e. The van der Waals surface area contributed by atoms with E-state index in [0.717, 1.165) is 36.4 Å². The van der Waals surface area contributed by atoms with E-state index in [1.54, 1.807) is 30.3 Å². The van der Waals surface area contributed by atoms with Crippen molar-refractivity contribution < 1.29 is 4.79 Å². The van der Waals surface area contributed by atoms with Gasteiger partial charge in [-0.25, -0.2) is 0 Å². The lowest BCUT2D eigenvalue weighted by Gasteiger charge is -2.32. The number of likely N-dealkylation sites (N-methyl/N-ethyl adjacent to an activating group) is 1. The molecule has 0 unspecified atom stereocenters. The molecule has 1 aliphatic heterocycles. The maximum Gasteiger partial charge on any atom is 0.262 e. The molecule has 8 nitrogen and oxygen atoms in total. The number of nitrogens with one attached hydrogen (secondary N) is 1. The van der Waals surface area contributed by atoms with E-state index in [-0.39, 0.29) is 11.0 Å². The van der Waals surface area contributed by atoms with E-state index in [2.05, 4.69) is 38.3 Å². The number of aromatic nitrogens is 3. The van der Waals surface area contributed by atoms with Crippen LogP contribution in [-0.4, -0.2) is 58.6 Å². The van der Waals surface area contributed by atoms with E-state index in [1.165, 1.54) is 11.3 Å². The number of carbonyl (C=O) groups is 1. The Labute approximate surface area is 210 Å². The highest BCUT2D eigenvalue weighted by Gasteiger charge is 2.24. The Hall–Kier alpha value is -4.26. The highest BCUT2D eigenvalue weighted by Crippen LogP contribution is 2.31. The van der Waals surface area contributed by atoms with Crippen molar-refractivity contribution in [1.82, 2.24) is 19.5 Å².